The molecule has 0 aliphatic carbocycles. The van der Waals surface area contributed by atoms with Crippen LogP contribution in [0.1, 0.15) is 6.42 Å². The zero-order valence-electron chi connectivity index (χ0n) is 12.2. The van der Waals surface area contributed by atoms with Crippen LogP contribution in [0.2, 0.25) is 0 Å². The third kappa shape index (κ3) is 4.80. The molecule has 0 aliphatic rings. The molecule has 0 saturated carbocycles. The van der Waals surface area contributed by atoms with E-state index in [1.54, 1.807) is 12.1 Å². The highest BCUT2D eigenvalue weighted by Gasteiger charge is 2.40. The molecule has 0 fully saturated rings. The van der Waals surface area contributed by atoms with Gasteiger partial charge in [0.2, 0.25) is 0 Å². The van der Waals surface area contributed by atoms with Gasteiger partial charge in [0.05, 0.1) is 12.8 Å². The lowest BCUT2D eigenvalue weighted by Gasteiger charge is -2.16. The molecule has 0 atom stereocenters. The summed E-state index contributed by atoms with van der Waals surface area (Å²) in [6.07, 6.45) is 1.59. The van der Waals surface area contributed by atoms with Crippen molar-refractivity contribution in [2.24, 2.45) is 4.99 Å². The molecule has 0 bridgehead atoms. The van der Waals surface area contributed by atoms with E-state index in [4.69, 9.17) is 4.74 Å². The van der Waals surface area contributed by atoms with E-state index in [9.17, 15) is 13.6 Å². The molecule has 0 amide bonds. The SMILES string of the molecule is C=CCOC(=O)C(=Nc1ccc(OC)cc1)C(F)(F)CC=C. The predicted octanol–water partition coefficient (Wildman–Crippen LogP) is 3.71. The third-order valence-corrected chi connectivity index (χ3v) is 2.59. The number of allylic oxidation sites excluding steroid dienone is 1. The van der Waals surface area contributed by atoms with Gasteiger partial charge in [0.25, 0.3) is 5.92 Å². The fourth-order valence-corrected chi connectivity index (χ4v) is 1.54. The number of halogens is 2. The number of ether oxygens (including phenoxy) is 2. The lowest BCUT2D eigenvalue weighted by molar-refractivity contribution is -0.135. The van der Waals surface area contributed by atoms with Crippen molar-refractivity contribution in [1.29, 1.82) is 0 Å². The first-order valence-electron chi connectivity index (χ1n) is 6.44. The van der Waals surface area contributed by atoms with E-state index in [1.165, 1.54) is 25.3 Å². The lowest BCUT2D eigenvalue weighted by Crippen LogP contribution is -2.36. The zero-order valence-corrected chi connectivity index (χ0v) is 12.2. The Labute approximate surface area is 127 Å². The maximum absolute atomic E-state index is 14.0. The van der Waals surface area contributed by atoms with Gasteiger partial charge in [-0.15, -0.1) is 6.58 Å². The van der Waals surface area contributed by atoms with Crippen molar-refractivity contribution in [2.75, 3.05) is 13.7 Å². The summed E-state index contributed by atoms with van der Waals surface area (Å²) < 4.78 is 37.7. The lowest BCUT2D eigenvalue weighted by atomic mass is 10.1. The van der Waals surface area contributed by atoms with Crippen molar-refractivity contribution >= 4 is 17.4 Å². The number of aliphatic imine (C=N–C) groups is 1. The van der Waals surface area contributed by atoms with Gasteiger partial charge in [0.15, 0.2) is 5.71 Å². The van der Waals surface area contributed by atoms with Crippen LogP contribution in [-0.4, -0.2) is 31.3 Å². The second kappa shape index (κ2) is 8.07. The predicted molar refractivity (Wildman–Crippen MR) is 81.0 cm³/mol. The number of hydrogen-bond donors (Lipinski definition) is 0. The average Bonchev–Trinajstić information content (AvgIpc) is 2.50. The molecule has 22 heavy (non-hydrogen) atoms. The Balaban J connectivity index is 3.16. The van der Waals surface area contributed by atoms with Crippen LogP contribution in [-0.2, 0) is 9.53 Å². The maximum Gasteiger partial charge on any atom is 0.359 e. The molecule has 6 heteroatoms. The minimum absolute atomic E-state index is 0.176. The van der Waals surface area contributed by atoms with Gasteiger partial charge in [0, 0.05) is 6.42 Å². The van der Waals surface area contributed by atoms with Gasteiger partial charge in [-0.2, -0.15) is 8.78 Å². The molecule has 1 aromatic carbocycles. The molecule has 1 aromatic rings. The van der Waals surface area contributed by atoms with Crippen molar-refractivity contribution < 1.29 is 23.0 Å². The highest BCUT2D eigenvalue weighted by atomic mass is 19.3. The number of carbonyl (C=O) groups excluding carboxylic acids is 1. The number of nitrogens with zero attached hydrogens (tertiary/aromatic N) is 1. The van der Waals surface area contributed by atoms with E-state index >= 15 is 0 Å². The van der Waals surface area contributed by atoms with Gasteiger partial charge in [-0.25, -0.2) is 9.79 Å². The van der Waals surface area contributed by atoms with Crippen molar-refractivity contribution in [3.05, 3.63) is 49.6 Å². The van der Waals surface area contributed by atoms with Crippen LogP contribution in [0.15, 0.2) is 54.6 Å². The molecule has 0 unspecified atom stereocenters. The number of alkyl halides is 2. The van der Waals surface area contributed by atoms with E-state index in [2.05, 4.69) is 22.9 Å². The Kier molecular flexibility index (Phi) is 6.44. The summed E-state index contributed by atoms with van der Waals surface area (Å²) in [5.41, 5.74) is -0.783. The van der Waals surface area contributed by atoms with E-state index in [0.717, 1.165) is 6.08 Å². The Hall–Kier alpha value is -2.50. The van der Waals surface area contributed by atoms with E-state index in [1.807, 2.05) is 0 Å². The van der Waals surface area contributed by atoms with Crippen LogP contribution in [0.4, 0.5) is 14.5 Å². The molecule has 0 saturated heterocycles. The highest BCUT2D eigenvalue weighted by molar-refractivity contribution is 6.39. The van der Waals surface area contributed by atoms with Gasteiger partial charge >= 0.3 is 5.97 Å². The summed E-state index contributed by atoms with van der Waals surface area (Å²) in [4.78, 5) is 15.5. The van der Waals surface area contributed by atoms with Crippen LogP contribution < -0.4 is 4.74 Å². The Morgan fingerprint density at radius 3 is 2.41 bits per heavy atom. The fourth-order valence-electron chi connectivity index (χ4n) is 1.54. The smallest absolute Gasteiger partial charge is 0.359 e. The van der Waals surface area contributed by atoms with Crippen molar-refractivity contribution in [3.8, 4) is 5.75 Å². The van der Waals surface area contributed by atoms with Gasteiger partial charge in [-0.05, 0) is 24.3 Å². The highest BCUT2D eigenvalue weighted by Crippen LogP contribution is 2.26. The average molecular weight is 309 g/mol. The van der Waals surface area contributed by atoms with E-state index in [-0.39, 0.29) is 12.3 Å². The molecule has 0 N–H and O–H groups in total. The van der Waals surface area contributed by atoms with Gasteiger partial charge in [-0.3, -0.25) is 0 Å². The van der Waals surface area contributed by atoms with Crippen molar-refractivity contribution in [1.82, 2.24) is 0 Å². The maximum atomic E-state index is 14.0. The quantitative estimate of drug-likeness (QED) is 0.418. The van der Waals surface area contributed by atoms with Crippen LogP contribution >= 0.6 is 0 Å². The number of rotatable bonds is 8. The van der Waals surface area contributed by atoms with Gasteiger partial charge in [0.1, 0.15) is 12.4 Å². The number of methoxy groups -OCH3 is 1. The molecule has 118 valence electrons. The van der Waals surface area contributed by atoms with Crippen LogP contribution in [0.3, 0.4) is 0 Å². The molecule has 0 radical (unpaired) electrons. The summed E-state index contributed by atoms with van der Waals surface area (Å²) in [7, 11) is 1.48. The van der Waals surface area contributed by atoms with Crippen LogP contribution in [0, 0.1) is 0 Å². The molecule has 0 heterocycles. The zero-order chi connectivity index (χ0) is 16.6. The summed E-state index contributed by atoms with van der Waals surface area (Å²) in [6.45, 7) is 6.44. The fraction of sp³-hybridized carbons (Fsp3) is 0.250. The van der Waals surface area contributed by atoms with E-state index in [0.29, 0.717) is 5.75 Å². The Morgan fingerprint density at radius 2 is 1.91 bits per heavy atom. The molecular weight excluding hydrogens is 292 g/mol. The first-order valence-corrected chi connectivity index (χ1v) is 6.44. The van der Waals surface area contributed by atoms with Crippen LogP contribution in [0.25, 0.3) is 0 Å². The number of hydrogen-bond acceptors (Lipinski definition) is 4. The normalized spacial score (nSPS) is 11.7. The number of benzene rings is 1. The van der Waals surface area contributed by atoms with Gasteiger partial charge in [-0.1, -0.05) is 18.7 Å². The monoisotopic (exact) mass is 309 g/mol. The summed E-state index contributed by atoms with van der Waals surface area (Å²) in [5.74, 6) is -4.12. The molecule has 0 aromatic heterocycles. The Bertz CT molecular complexity index is 565. The molecule has 0 aliphatic heterocycles. The number of carbonyl (C=O) groups is 1. The second-order valence-electron chi connectivity index (χ2n) is 4.24. The summed E-state index contributed by atoms with van der Waals surface area (Å²) in [6, 6.07) is 6.03. The Morgan fingerprint density at radius 1 is 1.27 bits per heavy atom. The summed E-state index contributed by atoms with van der Waals surface area (Å²) >= 11 is 0. The molecule has 0 spiro atoms. The topological polar surface area (TPSA) is 47.9 Å². The van der Waals surface area contributed by atoms with Gasteiger partial charge < -0.3 is 9.47 Å². The number of esters is 1. The first kappa shape index (κ1) is 17.6. The van der Waals surface area contributed by atoms with Crippen molar-refractivity contribution in [3.63, 3.8) is 0 Å². The standard InChI is InChI=1S/C16H17F2NO3/c1-4-10-16(17,18)14(15(20)22-11-5-2)19-12-6-8-13(21-3)9-7-12/h4-9H,1-2,10-11H2,3H3. The largest absolute Gasteiger partial charge is 0.497 e. The van der Waals surface area contributed by atoms with Crippen LogP contribution in [0.5, 0.6) is 5.75 Å². The van der Waals surface area contributed by atoms with E-state index < -0.39 is 24.0 Å². The second-order valence-corrected chi connectivity index (χ2v) is 4.24. The molecule has 4 nitrogen and oxygen atoms in total. The summed E-state index contributed by atoms with van der Waals surface area (Å²) in [5, 5.41) is 0. The third-order valence-electron chi connectivity index (χ3n) is 2.59. The minimum atomic E-state index is -3.47. The van der Waals surface area contributed by atoms with Crippen molar-refractivity contribution in [2.45, 2.75) is 12.3 Å². The minimum Gasteiger partial charge on any atom is -0.497 e. The molecular formula is C16H17F2NO3. The first-order chi connectivity index (χ1) is 10.4. The molecule has 1 rings (SSSR count).